The SMILES string of the molecule is [B][C@]1(F)O[C@H](CO)C2OC(OC)O[C@]21C#CCl. The second-order valence-electron chi connectivity index (χ2n) is 3.64. The van der Waals surface area contributed by atoms with E-state index in [0.29, 0.717) is 0 Å². The van der Waals surface area contributed by atoms with Crippen LogP contribution >= 0.6 is 11.6 Å². The van der Waals surface area contributed by atoms with Gasteiger partial charge in [0.2, 0.25) is 11.4 Å². The zero-order chi connectivity index (χ0) is 12.7. The van der Waals surface area contributed by atoms with E-state index in [2.05, 4.69) is 5.92 Å². The highest BCUT2D eigenvalue weighted by Crippen LogP contribution is 2.48. The Labute approximate surface area is 104 Å². The number of aliphatic hydroxyl groups excluding tert-OH is 1. The lowest BCUT2D eigenvalue weighted by molar-refractivity contribution is -0.276. The van der Waals surface area contributed by atoms with Gasteiger partial charge in [0.05, 0.1) is 6.61 Å². The van der Waals surface area contributed by atoms with Crippen molar-refractivity contribution in [3.63, 3.8) is 0 Å². The zero-order valence-corrected chi connectivity index (χ0v) is 9.61. The Hall–Kier alpha value is -0.355. The van der Waals surface area contributed by atoms with Crippen molar-refractivity contribution in [3.05, 3.63) is 0 Å². The molecule has 2 unspecified atom stereocenters. The highest BCUT2D eigenvalue weighted by atomic mass is 35.5. The minimum atomic E-state index is -2.75. The number of fused-ring (bicyclic) bond motifs is 1. The van der Waals surface area contributed by atoms with Crippen molar-refractivity contribution < 1.29 is 28.4 Å². The normalized spacial score (nSPS) is 48.6. The van der Waals surface area contributed by atoms with Crippen LogP contribution < -0.4 is 0 Å². The van der Waals surface area contributed by atoms with Crippen LogP contribution in [-0.2, 0) is 18.9 Å². The molecule has 0 aliphatic carbocycles. The third-order valence-corrected chi connectivity index (χ3v) is 2.81. The number of ether oxygens (including phenoxy) is 4. The summed E-state index contributed by atoms with van der Waals surface area (Å²) in [5.74, 6) is -0.459. The van der Waals surface area contributed by atoms with Crippen LogP contribution in [0.4, 0.5) is 4.39 Å². The quantitative estimate of drug-likeness (QED) is 0.535. The summed E-state index contributed by atoms with van der Waals surface area (Å²) in [4.78, 5) is 0. The summed E-state index contributed by atoms with van der Waals surface area (Å²) in [6.07, 6.45) is -2.04. The fourth-order valence-corrected chi connectivity index (χ4v) is 2.09. The van der Waals surface area contributed by atoms with E-state index in [1.165, 1.54) is 7.11 Å². The van der Waals surface area contributed by atoms with Gasteiger partial charge in [-0.25, -0.2) is 4.39 Å². The molecular formula is C9H9BClFO5. The Kier molecular flexibility index (Phi) is 3.38. The monoisotopic (exact) mass is 262 g/mol. The molecule has 2 aliphatic heterocycles. The van der Waals surface area contributed by atoms with Crippen molar-refractivity contribution in [1.82, 2.24) is 0 Å². The van der Waals surface area contributed by atoms with E-state index in [9.17, 15) is 4.39 Å². The summed E-state index contributed by atoms with van der Waals surface area (Å²) in [7, 11) is 6.65. The zero-order valence-electron chi connectivity index (χ0n) is 8.85. The Bertz CT molecular complexity index is 370. The Morgan fingerprint density at radius 2 is 2.29 bits per heavy atom. The second kappa shape index (κ2) is 4.39. The number of methoxy groups -OCH3 is 1. The van der Waals surface area contributed by atoms with Crippen molar-refractivity contribution in [2.45, 2.75) is 30.0 Å². The molecule has 8 heteroatoms. The van der Waals surface area contributed by atoms with Gasteiger partial charge in [0.15, 0.2) is 7.85 Å². The average Bonchev–Trinajstić information content (AvgIpc) is 2.74. The van der Waals surface area contributed by atoms with Crippen LogP contribution in [0.1, 0.15) is 0 Å². The molecule has 0 bridgehead atoms. The van der Waals surface area contributed by atoms with Crippen molar-refractivity contribution >= 4 is 19.4 Å². The van der Waals surface area contributed by atoms with Gasteiger partial charge in [-0.1, -0.05) is 0 Å². The van der Waals surface area contributed by atoms with E-state index < -0.39 is 36.6 Å². The smallest absolute Gasteiger partial charge is 0.273 e. The van der Waals surface area contributed by atoms with E-state index in [1.54, 1.807) is 0 Å². The third kappa shape index (κ3) is 1.76. The molecule has 1 N–H and O–H groups in total. The molecule has 0 amide bonds. The van der Waals surface area contributed by atoms with Gasteiger partial charge in [0.25, 0.3) is 6.48 Å². The predicted molar refractivity (Wildman–Crippen MR) is 54.7 cm³/mol. The maximum Gasteiger partial charge on any atom is 0.273 e. The number of alkyl halides is 1. The first-order valence-electron chi connectivity index (χ1n) is 4.76. The molecule has 0 spiro atoms. The van der Waals surface area contributed by atoms with Gasteiger partial charge in [0.1, 0.15) is 12.2 Å². The Balaban J connectivity index is 2.41. The summed E-state index contributed by atoms with van der Waals surface area (Å²) >= 11 is 5.27. The summed E-state index contributed by atoms with van der Waals surface area (Å²) < 4.78 is 34.2. The van der Waals surface area contributed by atoms with Gasteiger partial charge in [-0.2, -0.15) is 0 Å². The average molecular weight is 262 g/mol. The number of rotatable bonds is 2. The van der Waals surface area contributed by atoms with E-state index in [1.807, 2.05) is 5.38 Å². The molecule has 5 nitrogen and oxygen atoms in total. The van der Waals surface area contributed by atoms with E-state index >= 15 is 0 Å². The maximum atomic E-state index is 14.2. The number of hydrogen-bond donors (Lipinski definition) is 1. The summed E-state index contributed by atoms with van der Waals surface area (Å²) in [5, 5.41) is 11.1. The van der Waals surface area contributed by atoms with E-state index in [0.717, 1.165) is 0 Å². The van der Waals surface area contributed by atoms with Gasteiger partial charge in [-0.15, -0.1) is 0 Å². The van der Waals surface area contributed by atoms with Crippen LogP contribution in [0.2, 0.25) is 0 Å². The van der Waals surface area contributed by atoms with Crippen molar-refractivity contribution in [3.8, 4) is 11.3 Å². The molecular weight excluding hydrogens is 253 g/mol. The van der Waals surface area contributed by atoms with Gasteiger partial charge in [-0.05, 0) is 17.5 Å². The molecule has 2 radical (unpaired) electrons. The standard InChI is InChI=1S/C9H9BClFO5/c1-14-7-15-6-5(4-13)16-9(10,12)8(6,17-7)2-3-11/h5-7,13H,4H2,1H3/t5-,6?,7?,8-,9-/m1/s1. The third-order valence-electron chi connectivity index (χ3n) is 2.71. The molecule has 5 atom stereocenters. The first kappa shape index (κ1) is 13.1. The van der Waals surface area contributed by atoms with E-state index in [4.69, 9.17) is 43.5 Å². The number of aliphatic hydroxyl groups is 1. The van der Waals surface area contributed by atoms with Crippen LogP contribution in [0.5, 0.6) is 0 Å². The van der Waals surface area contributed by atoms with Crippen molar-refractivity contribution in [1.29, 1.82) is 0 Å². The first-order chi connectivity index (χ1) is 8.00. The molecule has 2 heterocycles. The maximum absolute atomic E-state index is 14.2. The molecule has 2 fully saturated rings. The molecule has 0 aromatic heterocycles. The number of halogens is 2. The second-order valence-corrected chi connectivity index (χ2v) is 3.83. The molecule has 0 aromatic rings. The summed E-state index contributed by atoms with van der Waals surface area (Å²) in [6, 6.07) is 0. The minimum Gasteiger partial charge on any atom is -0.394 e. The fraction of sp³-hybridized carbons (Fsp3) is 0.778. The molecule has 17 heavy (non-hydrogen) atoms. The first-order valence-corrected chi connectivity index (χ1v) is 5.14. The van der Waals surface area contributed by atoms with Crippen LogP contribution in [0.25, 0.3) is 0 Å². The lowest BCUT2D eigenvalue weighted by Gasteiger charge is -2.29. The summed E-state index contributed by atoms with van der Waals surface area (Å²) in [5.41, 5.74) is -1.91. The molecule has 2 rings (SSSR count). The number of hydrogen-bond acceptors (Lipinski definition) is 5. The molecule has 2 aliphatic rings. The van der Waals surface area contributed by atoms with E-state index in [-0.39, 0.29) is 0 Å². The minimum absolute atomic E-state index is 0.501. The largest absolute Gasteiger partial charge is 0.394 e. The van der Waals surface area contributed by atoms with Gasteiger partial charge in [-0.3, -0.25) is 0 Å². The molecule has 0 saturated carbocycles. The van der Waals surface area contributed by atoms with Gasteiger partial charge < -0.3 is 24.1 Å². The van der Waals surface area contributed by atoms with Crippen LogP contribution in [0.15, 0.2) is 0 Å². The van der Waals surface area contributed by atoms with Gasteiger partial charge in [0, 0.05) is 12.5 Å². The molecule has 0 aromatic carbocycles. The lowest BCUT2D eigenvalue weighted by atomic mass is 9.78. The summed E-state index contributed by atoms with van der Waals surface area (Å²) in [6.45, 7) is -1.65. The highest BCUT2D eigenvalue weighted by Gasteiger charge is 2.70. The highest BCUT2D eigenvalue weighted by molar-refractivity contribution is 6.30. The molecule has 2 saturated heterocycles. The van der Waals surface area contributed by atoms with Crippen LogP contribution in [0.3, 0.4) is 0 Å². The topological polar surface area (TPSA) is 57.2 Å². The van der Waals surface area contributed by atoms with Gasteiger partial charge >= 0.3 is 0 Å². The Morgan fingerprint density at radius 3 is 2.82 bits per heavy atom. The fourth-order valence-electron chi connectivity index (χ4n) is 1.95. The van der Waals surface area contributed by atoms with Crippen LogP contribution in [0, 0.1) is 11.3 Å². The van der Waals surface area contributed by atoms with Crippen LogP contribution in [-0.4, -0.2) is 56.7 Å². The predicted octanol–water partition coefficient (Wildman–Crippen LogP) is -0.547. The van der Waals surface area contributed by atoms with Crippen molar-refractivity contribution in [2.24, 2.45) is 0 Å². The Morgan fingerprint density at radius 1 is 1.59 bits per heavy atom. The molecule has 92 valence electrons. The lowest BCUT2D eigenvalue weighted by Crippen LogP contribution is -2.52. The van der Waals surface area contributed by atoms with Crippen molar-refractivity contribution in [2.75, 3.05) is 13.7 Å².